The molecule has 3 rings (SSSR count). The molecular weight excluding hydrogens is 593 g/mol. The molecule has 3 N–H and O–H groups in total. The van der Waals surface area contributed by atoms with Crippen molar-refractivity contribution in [2.24, 2.45) is 0 Å². The average Bonchev–Trinajstić information content (AvgIpc) is 2.96. The monoisotopic (exact) mass is 631 g/mol. The molecule has 7 nitrogen and oxygen atoms in total. The molecule has 0 aliphatic rings. The molecule has 0 aliphatic carbocycles. The maximum atomic E-state index is 11.6. The van der Waals surface area contributed by atoms with Crippen LogP contribution in [-0.4, -0.2) is 58.0 Å². The molecule has 0 radical (unpaired) electrons. The van der Waals surface area contributed by atoms with Gasteiger partial charge < -0.3 is 15.6 Å². The van der Waals surface area contributed by atoms with Crippen LogP contribution < -0.4 is 10.0 Å². The van der Waals surface area contributed by atoms with Gasteiger partial charge in [-0.2, -0.15) is 0 Å². The minimum Gasteiger partial charge on any atom is -0.396 e. The highest BCUT2D eigenvalue weighted by Crippen LogP contribution is 2.31. The summed E-state index contributed by atoms with van der Waals surface area (Å²) in [5.41, 5.74) is 9.40. The van der Waals surface area contributed by atoms with Crippen LogP contribution in [-0.2, 0) is 21.3 Å². The third-order valence-corrected chi connectivity index (χ3v) is 8.65. The number of aliphatic hydroxyl groups is 1. The van der Waals surface area contributed by atoms with Gasteiger partial charge in [-0.1, -0.05) is 78.2 Å². The van der Waals surface area contributed by atoms with Crippen molar-refractivity contribution < 1.29 is 18.3 Å². The van der Waals surface area contributed by atoms with Crippen LogP contribution >= 0.6 is 23.2 Å². The van der Waals surface area contributed by atoms with Crippen molar-refractivity contribution in [3.05, 3.63) is 93.5 Å². The van der Waals surface area contributed by atoms with E-state index in [9.17, 15) is 13.5 Å². The van der Waals surface area contributed by atoms with Gasteiger partial charge in [0.05, 0.1) is 33.8 Å². The summed E-state index contributed by atoms with van der Waals surface area (Å²) < 4.78 is 30.2. The zero-order valence-electron chi connectivity index (χ0n) is 24.1. The fourth-order valence-electron chi connectivity index (χ4n) is 4.32. The lowest BCUT2D eigenvalue weighted by atomic mass is 10.1. The largest absolute Gasteiger partial charge is 0.396 e. The van der Waals surface area contributed by atoms with Gasteiger partial charge in [0.1, 0.15) is 6.61 Å². The molecule has 0 heterocycles. The third kappa shape index (κ3) is 11.1. The van der Waals surface area contributed by atoms with Crippen molar-refractivity contribution in [3.63, 3.8) is 0 Å². The molecule has 226 valence electrons. The molecule has 0 amide bonds. The predicted molar refractivity (Wildman–Crippen MR) is 173 cm³/mol. The van der Waals surface area contributed by atoms with Crippen LogP contribution in [0.25, 0.3) is 0 Å². The van der Waals surface area contributed by atoms with Gasteiger partial charge >= 0.3 is 0 Å². The van der Waals surface area contributed by atoms with Crippen LogP contribution in [0.3, 0.4) is 0 Å². The Morgan fingerprint density at radius 1 is 0.976 bits per heavy atom. The van der Waals surface area contributed by atoms with E-state index < -0.39 is 16.1 Å². The number of nitrogens with zero attached hydrogens (tertiary/aromatic N) is 2. The summed E-state index contributed by atoms with van der Waals surface area (Å²) in [6.45, 7) is 3.00. The number of rotatable bonds is 15. The Bertz CT molecular complexity index is 1420. The molecule has 0 saturated carbocycles. The fourth-order valence-corrected chi connectivity index (χ4v) is 5.33. The molecule has 0 bridgehead atoms. The van der Waals surface area contributed by atoms with Gasteiger partial charge in [-0.15, -0.1) is 0 Å². The van der Waals surface area contributed by atoms with Gasteiger partial charge in [-0.05, 0) is 66.9 Å². The van der Waals surface area contributed by atoms with Crippen LogP contribution in [0.2, 0.25) is 10.0 Å². The summed E-state index contributed by atoms with van der Waals surface area (Å²) >= 11 is 12.4. The molecule has 10 heteroatoms. The number of unbranched alkanes of at least 4 members (excludes halogenated alkanes) is 3. The summed E-state index contributed by atoms with van der Waals surface area (Å²) in [4.78, 5) is 2.25. The topological polar surface area (TPSA) is 96.1 Å². The highest BCUT2D eigenvalue weighted by molar-refractivity contribution is 7.92. The number of ether oxygens (including phenoxy) is 1. The fraction of sp³-hybridized carbons (Fsp3) is 0.375. The lowest BCUT2D eigenvalue weighted by Gasteiger charge is -2.26. The summed E-state index contributed by atoms with van der Waals surface area (Å²) in [6, 6.07) is 20.6. The van der Waals surface area contributed by atoms with Gasteiger partial charge in [0.25, 0.3) is 0 Å². The van der Waals surface area contributed by atoms with Gasteiger partial charge in [0, 0.05) is 32.3 Å². The van der Waals surface area contributed by atoms with Crippen LogP contribution in [0.1, 0.15) is 48.5 Å². The number of nitrogen functional groups attached to an aromatic ring is 1. The Balaban J connectivity index is 1.39. The number of benzene rings is 3. The summed E-state index contributed by atoms with van der Waals surface area (Å²) in [5, 5.41) is 11.6. The van der Waals surface area contributed by atoms with Crippen molar-refractivity contribution in [2.45, 2.75) is 38.3 Å². The Kier molecular flexibility index (Phi) is 13.5. The number of aliphatic hydroxyl groups excluding tert-OH is 1. The number of nitrogens with two attached hydrogens (primary N) is 1. The minimum atomic E-state index is -3.29. The van der Waals surface area contributed by atoms with Gasteiger partial charge in [0.15, 0.2) is 0 Å². The van der Waals surface area contributed by atoms with Crippen molar-refractivity contribution in [2.75, 3.05) is 49.6 Å². The molecule has 0 saturated heterocycles. The van der Waals surface area contributed by atoms with Gasteiger partial charge in [0.2, 0.25) is 10.0 Å². The molecule has 42 heavy (non-hydrogen) atoms. The first kappa shape index (κ1) is 33.7. The second-order valence-electron chi connectivity index (χ2n) is 10.2. The highest BCUT2D eigenvalue weighted by atomic mass is 35.5. The second kappa shape index (κ2) is 16.8. The van der Waals surface area contributed by atoms with E-state index in [-0.39, 0.29) is 0 Å². The normalized spacial score (nSPS) is 12.1. The first-order chi connectivity index (χ1) is 20.0. The quantitative estimate of drug-likeness (QED) is 0.119. The molecular formula is C32H39Cl2N3O4S. The summed E-state index contributed by atoms with van der Waals surface area (Å²) in [7, 11) is -1.77. The van der Waals surface area contributed by atoms with E-state index in [4.69, 9.17) is 33.7 Å². The van der Waals surface area contributed by atoms with Crippen molar-refractivity contribution in [3.8, 4) is 11.8 Å². The van der Waals surface area contributed by atoms with Gasteiger partial charge in [-0.3, -0.25) is 9.21 Å². The third-order valence-electron chi connectivity index (χ3n) is 6.81. The van der Waals surface area contributed by atoms with Crippen molar-refractivity contribution >= 4 is 44.6 Å². The average molecular weight is 633 g/mol. The SMILES string of the molecule is CN(c1ccc(C#CCOCCCCCCN(Cc2ccccc2)CC(O)c2cc(Cl)c(N)c(Cl)c2)cc1)S(C)(=O)=O. The lowest BCUT2D eigenvalue weighted by Crippen LogP contribution is -2.29. The molecule has 3 aromatic rings. The minimum absolute atomic E-state index is 0.318. The Hall–Kier alpha value is -2.77. The van der Waals surface area contributed by atoms with E-state index in [2.05, 4.69) is 28.9 Å². The number of halogens is 2. The molecule has 3 aromatic carbocycles. The van der Waals surface area contributed by atoms with Crippen LogP contribution in [0, 0.1) is 11.8 Å². The predicted octanol–water partition coefficient (Wildman–Crippen LogP) is 6.14. The summed E-state index contributed by atoms with van der Waals surface area (Å²) in [5.74, 6) is 6.04. The Morgan fingerprint density at radius 2 is 1.62 bits per heavy atom. The number of anilines is 2. The van der Waals surface area contributed by atoms with Gasteiger partial charge in [-0.25, -0.2) is 8.42 Å². The van der Waals surface area contributed by atoms with E-state index in [1.165, 1.54) is 23.2 Å². The zero-order valence-corrected chi connectivity index (χ0v) is 26.4. The molecule has 0 spiro atoms. The van der Waals surface area contributed by atoms with E-state index in [1.807, 2.05) is 18.2 Å². The molecule has 0 fully saturated rings. The Morgan fingerprint density at radius 3 is 2.26 bits per heavy atom. The van der Waals surface area contributed by atoms with E-state index in [1.54, 1.807) is 36.4 Å². The molecule has 0 aliphatic heterocycles. The van der Waals surface area contributed by atoms with E-state index in [0.29, 0.717) is 46.7 Å². The zero-order chi connectivity index (χ0) is 30.5. The van der Waals surface area contributed by atoms with Crippen molar-refractivity contribution in [1.29, 1.82) is 0 Å². The highest BCUT2D eigenvalue weighted by Gasteiger charge is 2.17. The van der Waals surface area contributed by atoms with E-state index in [0.717, 1.165) is 44.3 Å². The lowest BCUT2D eigenvalue weighted by molar-refractivity contribution is 0.107. The number of sulfonamides is 1. The first-order valence-corrected chi connectivity index (χ1v) is 16.4. The first-order valence-electron chi connectivity index (χ1n) is 13.8. The maximum absolute atomic E-state index is 11.6. The van der Waals surface area contributed by atoms with Crippen LogP contribution in [0.4, 0.5) is 11.4 Å². The van der Waals surface area contributed by atoms with Crippen LogP contribution in [0.15, 0.2) is 66.7 Å². The summed E-state index contributed by atoms with van der Waals surface area (Å²) in [6.07, 6.45) is 4.44. The second-order valence-corrected chi connectivity index (χ2v) is 13.0. The standard InChI is InChI=1S/C32H39Cl2N3O4S/c1-36(42(2,39)40)28-16-14-25(15-17-28)13-10-20-41-19-9-4-3-8-18-37(23-26-11-6-5-7-12-26)24-31(38)27-21-29(33)32(35)30(34)22-27/h5-7,11-12,14-17,21-22,31,38H,3-4,8-9,18-20,23-24,35H2,1-2H3. The molecule has 1 unspecified atom stereocenters. The van der Waals surface area contributed by atoms with Crippen LogP contribution in [0.5, 0.6) is 0 Å². The number of hydrogen-bond acceptors (Lipinski definition) is 6. The smallest absolute Gasteiger partial charge is 0.231 e. The molecule has 1 atom stereocenters. The van der Waals surface area contributed by atoms with E-state index >= 15 is 0 Å². The van der Waals surface area contributed by atoms with Crippen molar-refractivity contribution in [1.82, 2.24) is 4.90 Å². The molecule has 0 aromatic heterocycles. The Labute approximate surface area is 260 Å². The number of hydrogen-bond donors (Lipinski definition) is 2. The maximum Gasteiger partial charge on any atom is 0.231 e.